The minimum atomic E-state index is -1.87. The van der Waals surface area contributed by atoms with E-state index in [9.17, 15) is 24.0 Å². The zero-order valence-corrected chi connectivity index (χ0v) is 43.3. The third-order valence-electron chi connectivity index (χ3n) is 9.50. The summed E-state index contributed by atoms with van der Waals surface area (Å²) < 4.78 is 46.1. The first-order chi connectivity index (χ1) is 33.2. The van der Waals surface area contributed by atoms with Gasteiger partial charge in [0.1, 0.15) is 19.8 Å². The highest BCUT2D eigenvalue weighted by atomic mass is 31.1. The highest BCUT2D eigenvalue weighted by molar-refractivity contribution is 7.36. The molecule has 0 fully saturated rings. The molecule has 0 heterocycles. The third-order valence-corrected chi connectivity index (χ3v) is 9.50. The zero-order chi connectivity index (χ0) is 52.1. The van der Waals surface area contributed by atoms with Gasteiger partial charge in [-0.05, 0) is 49.0 Å². The van der Waals surface area contributed by atoms with Crippen LogP contribution in [-0.4, -0.2) is 166 Å². The minimum absolute atomic E-state index is 0.00610. The lowest BCUT2D eigenvalue weighted by atomic mass is 9.82. The van der Waals surface area contributed by atoms with Gasteiger partial charge in [-0.2, -0.15) is 4.89 Å². The van der Waals surface area contributed by atoms with Crippen LogP contribution in [0, 0.1) is 42.9 Å². The first-order valence-electron chi connectivity index (χ1n) is 24.0. The van der Waals surface area contributed by atoms with Crippen LogP contribution in [0.5, 0.6) is 0 Å². The molecule has 1 atom stereocenters. The van der Waals surface area contributed by atoms with Crippen molar-refractivity contribution in [3.63, 3.8) is 0 Å². The van der Waals surface area contributed by atoms with E-state index in [2.05, 4.69) is 65.1 Å². The van der Waals surface area contributed by atoms with Gasteiger partial charge in [0, 0.05) is 77.5 Å². The molecule has 20 heteroatoms. The van der Waals surface area contributed by atoms with Crippen molar-refractivity contribution in [2.45, 2.75) is 116 Å². The monoisotopic (exact) mass is 1000 g/mol. The lowest BCUT2D eigenvalue weighted by molar-refractivity contribution is -0.128. The summed E-state index contributed by atoms with van der Waals surface area (Å²) in [6.45, 7) is 13.1. The van der Waals surface area contributed by atoms with Crippen molar-refractivity contribution >= 4 is 37.6 Å². The van der Waals surface area contributed by atoms with Crippen LogP contribution in [0.25, 0.3) is 0 Å². The summed E-state index contributed by atoms with van der Waals surface area (Å²) in [5.41, 5.74) is -1.12. The van der Waals surface area contributed by atoms with Gasteiger partial charge in [0.2, 0.25) is 29.5 Å². The van der Waals surface area contributed by atoms with Gasteiger partial charge in [0.15, 0.2) is 6.66 Å². The van der Waals surface area contributed by atoms with Crippen molar-refractivity contribution in [2.24, 2.45) is 5.92 Å². The first kappa shape index (κ1) is 69.1. The summed E-state index contributed by atoms with van der Waals surface area (Å²) in [4.78, 5) is 72.6. The van der Waals surface area contributed by atoms with Crippen molar-refractivity contribution in [1.82, 2.24) is 26.6 Å². The highest BCUT2D eigenvalue weighted by Gasteiger charge is 2.33. The molecule has 0 aromatic heterocycles. The van der Waals surface area contributed by atoms with Gasteiger partial charge in [-0.25, -0.2) is 0 Å². The van der Waals surface area contributed by atoms with E-state index in [0.717, 1.165) is 31.6 Å². The van der Waals surface area contributed by atoms with Crippen LogP contribution >= 0.6 is 8.03 Å². The zero-order valence-electron chi connectivity index (χ0n) is 42.4. The molecule has 0 saturated heterocycles. The van der Waals surface area contributed by atoms with E-state index in [0.29, 0.717) is 59.2 Å². The van der Waals surface area contributed by atoms with E-state index >= 15 is 0 Å². The molecule has 0 aliphatic carbocycles. The Bertz CT molecular complexity index is 1340. The number of hydrogen-bond acceptors (Lipinski definition) is 13. The summed E-state index contributed by atoms with van der Waals surface area (Å²) >= 11 is 0. The van der Waals surface area contributed by atoms with Gasteiger partial charge in [0.05, 0.1) is 59.5 Å². The number of terminal acetylenes is 3. The van der Waals surface area contributed by atoms with E-state index in [1.54, 1.807) is 7.11 Å². The molecule has 69 heavy (non-hydrogen) atoms. The molecule has 0 spiro atoms. The van der Waals surface area contributed by atoms with Crippen molar-refractivity contribution in [2.75, 3.05) is 126 Å². The normalized spacial score (nSPS) is 10.8. The molecule has 0 bridgehead atoms. The van der Waals surface area contributed by atoms with E-state index in [-0.39, 0.29) is 140 Å². The van der Waals surface area contributed by atoms with E-state index in [1.165, 1.54) is 13.1 Å². The van der Waals surface area contributed by atoms with Gasteiger partial charge >= 0.3 is 8.03 Å². The minimum Gasteiger partial charge on any atom is -0.385 e. The maximum Gasteiger partial charge on any atom is 0.502 e. The number of carbonyl (C=O) groups is 5. The Morgan fingerprint density at radius 2 is 0.855 bits per heavy atom. The molecule has 0 radical (unpaired) electrons. The second kappa shape index (κ2) is 53.2. The van der Waals surface area contributed by atoms with Crippen molar-refractivity contribution in [1.29, 1.82) is 0 Å². The summed E-state index contributed by atoms with van der Waals surface area (Å²) in [6, 6.07) is 0. The molecule has 5 amide bonds. The SMILES string of the molecule is C#CCOCCOCCNC(=O)CCC(CCC(=O)NCCOCCOCC#C)(CCC(=O)NCCOCCOCC#C)NC(=O)CCCC(=O)NCCCCCCOC.CCC(C)C.C[P+](=O)O. The summed E-state index contributed by atoms with van der Waals surface area (Å²) in [6.07, 6.45) is 21.5. The fourth-order valence-corrected chi connectivity index (χ4v) is 5.54. The van der Waals surface area contributed by atoms with Gasteiger partial charge in [-0.3, -0.25) is 24.0 Å². The Labute approximate surface area is 414 Å². The molecule has 6 N–H and O–H groups in total. The number of rotatable bonds is 43. The largest absolute Gasteiger partial charge is 0.502 e. The summed E-state index contributed by atoms with van der Waals surface area (Å²) in [7, 11) is -0.199. The van der Waals surface area contributed by atoms with Crippen LogP contribution in [0.2, 0.25) is 0 Å². The number of carbonyl (C=O) groups excluding carboxylic acids is 5. The Balaban J connectivity index is -0.00000440. The average molecular weight is 1000 g/mol. The Kier molecular flexibility index (Phi) is 53.2. The lowest BCUT2D eigenvalue weighted by Crippen LogP contribution is -2.50. The van der Waals surface area contributed by atoms with Gasteiger partial charge in [-0.15, -0.1) is 19.3 Å². The number of nitrogens with one attached hydrogen (secondary N) is 5. The molecule has 0 aromatic carbocycles. The predicted octanol–water partition coefficient (Wildman–Crippen LogP) is 3.43. The number of hydrogen-bond donors (Lipinski definition) is 6. The summed E-state index contributed by atoms with van der Waals surface area (Å²) in [5.74, 6) is 6.61. The Morgan fingerprint density at radius 1 is 0.522 bits per heavy atom. The first-order valence-corrected chi connectivity index (χ1v) is 25.6. The molecule has 0 aliphatic heterocycles. The second-order valence-corrected chi connectivity index (χ2v) is 16.8. The topological polar surface area (TPSA) is 247 Å². The number of ether oxygens (including phenoxy) is 7. The number of amides is 5. The van der Waals surface area contributed by atoms with E-state index in [1.807, 2.05) is 0 Å². The maximum atomic E-state index is 13.5. The molecule has 19 nitrogen and oxygen atoms in total. The maximum absolute atomic E-state index is 13.5. The van der Waals surface area contributed by atoms with E-state index < -0.39 is 13.6 Å². The molecular weight excluding hydrogens is 914 g/mol. The average Bonchev–Trinajstić information content (AvgIpc) is 3.31. The standard InChI is InChI=1S/C43H71N5O12.C5H12.CH3O2P/c1-5-25-55-32-35-58-29-22-45-39(50)15-18-43(19-16-40(51)46-23-30-59-36-33-56-26-6-2,20-17-41(52)47-24-31-60-37-34-57-27-7-3)48-42(53)14-12-13-38(49)44-21-10-8-9-11-28-54-4;1-4-5(2)3;1-4(2)3/h1-3H,8-37H2,4H3,(H,44,49)(H,45,50)(H,46,51)(H,47,52)(H,48,53);5H,4H2,1-3H3;1H3/p+1. The smallest absolute Gasteiger partial charge is 0.385 e. The third kappa shape index (κ3) is 56.3. The van der Waals surface area contributed by atoms with Crippen LogP contribution in [0.15, 0.2) is 0 Å². The molecular formula is C49H87N5O14P+. The molecule has 0 rings (SSSR count). The van der Waals surface area contributed by atoms with Gasteiger partial charge < -0.3 is 59.7 Å². The fraction of sp³-hybridized carbons (Fsp3) is 0.776. The van der Waals surface area contributed by atoms with Crippen LogP contribution in [0.4, 0.5) is 0 Å². The fourth-order valence-electron chi connectivity index (χ4n) is 5.54. The quantitative estimate of drug-likeness (QED) is 0.0291. The Hall–Kier alpha value is -4.19. The van der Waals surface area contributed by atoms with Crippen molar-refractivity contribution < 1.29 is 66.6 Å². The van der Waals surface area contributed by atoms with Crippen molar-refractivity contribution in [3.05, 3.63) is 0 Å². The number of methoxy groups -OCH3 is 1. The predicted molar refractivity (Wildman–Crippen MR) is 267 cm³/mol. The van der Waals surface area contributed by atoms with E-state index in [4.69, 9.17) is 61.9 Å². The lowest BCUT2D eigenvalue weighted by Gasteiger charge is -2.35. The molecule has 0 aromatic rings. The Morgan fingerprint density at radius 3 is 1.22 bits per heavy atom. The van der Waals surface area contributed by atoms with Gasteiger partial charge in [0.25, 0.3) is 0 Å². The second-order valence-electron chi connectivity index (χ2n) is 15.9. The molecule has 396 valence electrons. The summed E-state index contributed by atoms with van der Waals surface area (Å²) in [5, 5.41) is 14.4. The van der Waals surface area contributed by atoms with Crippen molar-refractivity contribution in [3.8, 4) is 37.0 Å². The van der Waals surface area contributed by atoms with Crippen LogP contribution in [0.1, 0.15) is 111 Å². The molecule has 0 saturated carbocycles. The van der Waals surface area contributed by atoms with Crippen LogP contribution in [-0.2, 0) is 61.7 Å². The molecule has 0 aliphatic rings. The molecule has 1 unspecified atom stereocenters. The van der Waals surface area contributed by atoms with Crippen LogP contribution < -0.4 is 26.6 Å². The van der Waals surface area contributed by atoms with Crippen LogP contribution in [0.3, 0.4) is 0 Å². The number of unbranched alkanes of at least 4 members (excludes halogenated alkanes) is 3. The van der Waals surface area contributed by atoms with Gasteiger partial charge in [-0.1, -0.05) is 57.8 Å². The highest BCUT2D eigenvalue weighted by Crippen LogP contribution is 2.27.